The third-order valence-corrected chi connectivity index (χ3v) is 3.41. The smallest absolute Gasteiger partial charge is 0.419 e. The summed E-state index contributed by atoms with van der Waals surface area (Å²) in [4.78, 5) is 0. The summed E-state index contributed by atoms with van der Waals surface area (Å²) in [5.74, 6) is -0.428. The Kier molecular flexibility index (Phi) is 4.72. The van der Waals surface area contributed by atoms with Gasteiger partial charge in [-0.1, -0.05) is 0 Å². The molecule has 1 fully saturated rings. The molecule has 1 aliphatic rings. The van der Waals surface area contributed by atoms with Crippen LogP contribution in [0.3, 0.4) is 0 Å². The molecule has 0 bridgehead atoms. The first-order valence-corrected chi connectivity index (χ1v) is 6.64. The van der Waals surface area contributed by atoms with Crippen molar-refractivity contribution >= 4 is 5.84 Å². The molecule has 0 radical (unpaired) electrons. The quantitative estimate of drug-likeness (QED) is 0.664. The fourth-order valence-electron chi connectivity index (χ4n) is 2.17. The number of alkyl halides is 3. The number of nitrogens with two attached hydrogens (primary N) is 1. The highest BCUT2D eigenvalue weighted by atomic mass is 19.4. The van der Waals surface area contributed by atoms with E-state index in [0.717, 1.165) is 18.9 Å². The van der Waals surface area contributed by atoms with Crippen molar-refractivity contribution in [1.29, 1.82) is 5.41 Å². The van der Waals surface area contributed by atoms with E-state index in [9.17, 15) is 13.2 Å². The zero-order chi connectivity index (χ0) is 15.5. The number of hydrogen-bond donors (Lipinski definition) is 2. The average Bonchev–Trinajstić information content (AvgIpc) is 2.45. The summed E-state index contributed by atoms with van der Waals surface area (Å²) in [5, 5.41) is 7.23. The van der Waals surface area contributed by atoms with Gasteiger partial charge in [-0.25, -0.2) is 0 Å². The summed E-state index contributed by atoms with van der Waals surface area (Å²) in [6.07, 6.45) is -2.98. The summed E-state index contributed by atoms with van der Waals surface area (Å²) in [7, 11) is 0. The van der Waals surface area contributed by atoms with Crippen molar-refractivity contribution in [2.75, 3.05) is 19.8 Å². The molecule has 0 saturated carbocycles. The lowest BCUT2D eigenvalue weighted by atomic mass is 10.0. The van der Waals surface area contributed by atoms with E-state index in [1.165, 1.54) is 12.1 Å². The predicted octanol–water partition coefficient (Wildman–Crippen LogP) is 2.79. The number of benzene rings is 1. The highest BCUT2D eigenvalue weighted by Crippen LogP contribution is 2.37. The van der Waals surface area contributed by atoms with Crippen LogP contribution in [0.2, 0.25) is 0 Å². The molecule has 0 aliphatic carbocycles. The number of nitrogens with one attached hydrogen (secondary N) is 1. The van der Waals surface area contributed by atoms with Gasteiger partial charge in [-0.3, -0.25) is 5.41 Å². The third kappa shape index (κ3) is 4.10. The fourth-order valence-corrected chi connectivity index (χ4v) is 2.17. The van der Waals surface area contributed by atoms with E-state index in [0.29, 0.717) is 13.2 Å². The minimum atomic E-state index is -4.55. The first-order valence-electron chi connectivity index (χ1n) is 6.64. The Morgan fingerprint density at radius 2 is 2.00 bits per heavy atom. The van der Waals surface area contributed by atoms with Gasteiger partial charge >= 0.3 is 6.18 Å². The molecule has 2 rings (SSSR count). The number of rotatable bonds is 4. The molecule has 1 aromatic rings. The van der Waals surface area contributed by atoms with Crippen molar-refractivity contribution in [3.8, 4) is 5.75 Å². The van der Waals surface area contributed by atoms with Gasteiger partial charge < -0.3 is 15.2 Å². The first kappa shape index (κ1) is 15.6. The van der Waals surface area contributed by atoms with Crippen LogP contribution < -0.4 is 10.5 Å². The van der Waals surface area contributed by atoms with Gasteiger partial charge in [0.15, 0.2) is 0 Å². The summed E-state index contributed by atoms with van der Waals surface area (Å²) in [6, 6.07) is 3.43. The minimum absolute atomic E-state index is 0.0285. The number of hydrogen-bond acceptors (Lipinski definition) is 3. The van der Waals surface area contributed by atoms with Crippen LogP contribution in [0.5, 0.6) is 5.75 Å². The molecule has 0 spiro atoms. The van der Waals surface area contributed by atoms with Gasteiger partial charge in [-0.15, -0.1) is 0 Å². The highest BCUT2D eigenvalue weighted by Gasteiger charge is 2.35. The maximum absolute atomic E-state index is 13.0. The standard InChI is InChI=1S/C14H17F3N2O2/c15-14(16,17)11-7-10(13(18)19)1-2-12(11)21-8-9-3-5-20-6-4-9/h1-2,7,9H,3-6,8H2,(H3,18,19). The zero-order valence-corrected chi connectivity index (χ0v) is 11.4. The summed E-state index contributed by atoms with van der Waals surface area (Å²) in [6.45, 7) is 1.46. The molecule has 4 nitrogen and oxygen atoms in total. The van der Waals surface area contributed by atoms with E-state index >= 15 is 0 Å². The summed E-state index contributed by atoms with van der Waals surface area (Å²) >= 11 is 0. The van der Waals surface area contributed by atoms with Crippen LogP contribution in [0.1, 0.15) is 24.0 Å². The van der Waals surface area contributed by atoms with Gasteiger partial charge in [0.05, 0.1) is 12.2 Å². The first-order chi connectivity index (χ1) is 9.88. The zero-order valence-electron chi connectivity index (χ0n) is 11.4. The van der Waals surface area contributed by atoms with Crippen LogP contribution in [0.25, 0.3) is 0 Å². The molecule has 3 N–H and O–H groups in total. The van der Waals surface area contributed by atoms with Gasteiger partial charge in [0.1, 0.15) is 11.6 Å². The average molecular weight is 302 g/mol. The predicted molar refractivity (Wildman–Crippen MR) is 71.5 cm³/mol. The lowest BCUT2D eigenvalue weighted by Crippen LogP contribution is -2.22. The Hall–Kier alpha value is -1.76. The van der Waals surface area contributed by atoms with Gasteiger partial charge in [0.25, 0.3) is 0 Å². The third-order valence-electron chi connectivity index (χ3n) is 3.41. The highest BCUT2D eigenvalue weighted by molar-refractivity contribution is 5.95. The number of nitrogen functional groups attached to an aromatic ring is 1. The van der Waals surface area contributed by atoms with Gasteiger partial charge in [0.2, 0.25) is 0 Å². The van der Waals surface area contributed by atoms with Crippen molar-refractivity contribution in [2.45, 2.75) is 19.0 Å². The van der Waals surface area contributed by atoms with E-state index in [1.807, 2.05) is 0 Å². The number of halogens is 3. The van der Waals surface area contributed by atoms with Crippen LogP contribution in [-0.4, -0.2) is 25.7 Å². The fraction of sp³-hybridized carbons (Fsp3) is 0.500. The van der Waals surface area contributed by atoms with Gasteiger partial charge in [0, 0.05) is 18.8 Å². The lowest BCUT2D eigenvalue weighted by Gasteiger charge is -2.23. The Morgan fingerprint density at radius 1 is 1.33 bits per heavy atom. The topological polar surface area (TPSA) is 68.3 Å². The molecular weight excluding hydrogens is 285 g/mol. The van der Waals surface area contributed by atoms with Crippen LogP contribution >= 0.6 is 0 Å². The summed E-state index contributed by atoms with van der Waals surface area (Å²) in [5.41, 5.74) is 4.36. The molecule has 0 unspecified atom stereocenters. The minimum Gasteiger partial charge on any atom is -0.493 e. The second-order valence-electron chi connectivity index (χ2n) is 4.99. The van der Waals surface area contributed by atoms with E-state index in [-0.39, 0.29) is 23.8 Å². The van der Waals surface area contributed by atoms with Crippen molar-refractivity contribution in [3.05, 3.63) is 29.3 Å². The number of ether oxygens (including phenoxy) is 2. The maximum Gasteiger partial charge on any atom is 0.419 e. The maximum atomic E-state index is 13.0. The second-order valence-corrected chi connectivity index (χ2v) is 4.99. The normalized spacial score (nSPS) is 16.7. The lowest BCUT2D eigenvalue weighted by molar-refractivity contribution is -0.139. The number of amidine groups is 1. The Bertz CT molecular complexity index is 511. The molecule has 0 aromatic heterocycles. The Morgan fingerprint density at radius 3 is 2.57 bits per heavy atom. The van der Waals surface area contributed by atoms with E-state index in [2.05, 4.69) is 0 Å². The molecule has 1 heterocycles. The van der Waals surface area contributed by atoms with E-state index < -0.39 is 17.6 Å². The van der Waals surface area contributed by atoms with E-state index in [4.69, 9.17) is 20.6 Å². The molecule has 21 heavy (non-hydrogen) atoms. The van der Waals surface area contributed by atoms with Crippen LogP contribution in [-0.2, 0) is 10.9 Å². The SMILES string of the molecule is N=C(N)c1ccc(OCC2CCOCC2)c(C(F)(F)F)c1. The molecule has 0 amide bonds. The summed E-state index contributed by atoms with van der Waals surface area (Å²) < 4.78 is 49.7. The molecule has 0 atom stereocenters. The second kappa shape index (κ2) is 6.34. The molecule has 7 heteroatoms. The molecule has 1 aromatic carbocycles. The van der Waals surface area contributed by atoms with Crippen molar-refractivity contribution < 1.29 is 22.6 Å². The van der Waals surface area contributed by atoms with Gasteiger partial charge in [-0.05, 0) is 37.0 Å². The monoisotopic (exact) mass is 302 g/mol. The molecule has 1 saturated heterocycles. The van der Waals surface area contributed by atoms with Crippen molar-refractivity contribution in [1.82, 2.24) is 0 Å². The Balaban J connectivity index is 2.15. The van der Waals surface area contributed by atoms with Crippen LogP contribution in [0.4, 0.5) is 13.2 Å². The van der Waals surface area contributed by atoms with Crippen molar-refractivity contribution in [2.24, 2.45) is 11.7 Å². The largest absolute Gasteiger partial charge is 0.493 e. The van der Waals surface area contributed by atoms with Gasteiger partial charge in [-0.2, -0.15) is 13.2 Å². The van der Waals surface area contributed by atoms with E-state index in [1.54, 1.807) is 0 Å². The molecular formula is C14H17F3N2O2. The van der Waals surface area contributed by atoms with Crippen LogP contribution in [0, 0.1) is 11.3 Å². The molecule has 116 valence electrons. The Labute approximate surface area is 120 Å². The molecule has 1 aliphatic heterocycles. The van der Waals surface area contributed by atoms with Crippen molar-refractivity contribution in [3.63, 3.8) is 0 Å². The van der Waals surface area contributed by atoms with Crippen LogP contribution in [0.15, 0.2) is 18.2 Å².